The molecule has 4 nitrogen and oxygen atoms in total. The van der Waals surface area contributed by atoms with Crippen molar-refractivity contribution in [2.24, 2.45) is 0 Å². The Morgan fingerprint density at radius 3 is 2.72 bits per heavy atom. The Morgan fingerprint density at radius 2 is 1.88 bits per heavy atom. The van der Waals surface area contributed by atoms with Crippen molar-refractivity contribution in [1.29, 1.82) is 0 Å². The van der Waals surface area contributed by atoms with Crippen LogP contribution in [0.15, 0.2) is 53.4 Å². The first-order valence-electron chi connectivity index (χ1n) is 8.19. The zero-order valence-corrected chi connectivity index (χ0v) is 15.2. The number of rotatable bonds is 5. The molecular formula is C19H19ClN2O2S. The fourth-order valence-corrected chi connectivity index (χ4v) is 4.14. The molecule has 1 aliphatic rings. The maximum atomic E-state index is 12.2. The van der Waals surface area contributed by atoms with Crippen LogP contribution < -0.4 is 10.6 Å². The molecule has 0 fully saturated rings. The first-order chi connectivity index (χ1) is 12.1. The fraction of sp³-hybridized carbons (Fsp3) is 0.263. The standard InChI is InChI=1S/C19H19ClN2O2S/c20-15-7-3-1-5-13(15)19(24)21-11-9-18(23)22-16-10-12-25-17-8-4-2-6-14(16)17/h1-8,16H,9-12H2,(H,21,24)(H,22,23). The van der Waals surface area contributed by atoms with E-state index in [1.165, 1.54) is 10.5 Å². The molecule has 1 unspecified atom stereocenters. The van der Waals surface area contributed by atoms with E-state index in [9.17, 15) is 9.59 Å². The summed E-state index contributed by atoms with van der Waals surface area (Å²) in [5.41, 5.74) is 1.59. The third-order valence-corrected chi connectivity index (χ3v) is 5.50. The maximum Gasteiger partial charge on any atom is 0.252 e. The molecule has 2 amide bonds. The average Bonchev–Trinajstić information content (AvgIpc) is 2.62. The highest BCUT2D eigenvalue weighted by molar-refractivity contribution is 7.99. The summed E-state index contributed by atoms with van der Waals surface area (Å²) >= 11 is 7.81. The van der Waals surface area contributed by atoms with Gasteiger partial charge in [0.1, 0.15) is 0 Å². The number of nitrogens with one attached hydrogen (secondary N) is 2. The van der Waals surface area contributed by atoms with Crippen LogP contribution in [0.25, 0.3) is 0 Å². The number of halogens is 1. The van der Waals surface area contributed by atoms with Gasteiger partial charge in [-0.2, -0.15) is 0 Å². The molecule has 1 heterocycles. The van der Waals surface area contributed by atoms with Crippen molar-refractivity contribution in [3.63, 3.8) is 0 Å². The quantitative estimate of drug-likeness (QED) is 0.836. The van der Waals surface area contributed by atoms with Gasteiger partial charge in [-0.3, -0.25) is 9.59 Å². The normalized spacial score (nSPS) is 16.0. The smallest absolute Gasteiger partial charge is 0.252 e. The zero-order valence-electron chi connectivity index (χ0n) is 13.6. The van der Waals surface area contributed by atoms with Gasteiger partial charge >= 0.3 is 0 Å². The lowest BCUT2D eigenvalue weighted by atomic mass is 10.0. The molecule has 130 valence electrons. The van der Waals surface area contributed by atoms with Crippen molar-refractivity contribution in [3.05, 3.63) is 64.7 Å². The Kier molecular flexibility index (Phi) is 6.00. The van der Waals surface area contributed by atoms with Gasteiger partial charge in [-0.25, -0.2) is 0 Å². The molecule has 0 saturated heterocycles. The van der Waals surface area contributed by atoms with Crippen molar-refractivity contribution in [3.8, 4) is 0 Å². The molecule has 3 rings (SSSR count). The van der Waals surface area contributed by atoms with E-state index in [2.05, 4.69) is 22.8 Å². The van der Waals surface area contributed by atoms with Crippen LogP contribution >= 0.6 is 23.4 Å². The van der Waals surface area contributed by atoms with Gasteiger partial charge in [0.2, 0.25) is 5.91 Å². The first kappa shape index (κ1) is 17.8. The second-order valence-electron chi connectivity index (χ2n) is 5.78. The summed E-state index contributed by atoms with van der Waals surface area (Å²) in [6, 6.07) is 15.1. The number of benzene rings is 2. The first-order valence-corrected chi connectivity index (χ1v) is 9.55. The van der Waals surface area contributed by atoms with E-state index in [-0.39, 0.29) is 30.8 Å². The van der Waals surface area contributed by atoms with E-state index in [0.717, 1.165) is 12.2 Å². The van der Waals surface area contributed by atoms with Crippen molar-refractivity contribution in [2.75, 3.05) is 12.3 Å². The lowest BCUT2D eigenvalue weighted by molar-refractivity contribution is -0.121. The Labute approximate surface area is 156 Å². The van der Waals surface area contributed by atoms with Crippen molar-refractivity contribution < 1.29 is 9.59 Å². The molecule has 1 atom stereocenters. The third kappa shape index (κ3) is 4.55. The second-order valence-corrected chi connectivity index (χ2v) is 7.32. The van der Waals surface area contributed by atoms with Crippen LogP contribution in [-0.4, -0.2) is 24.1 Å². The predicted molar refractivity (Wildman–Crippen MR) is 101 cm³/mol. The number of hydrogen-bond acceptors (Lipinski definition) is 3. The van der Waals surface area contributed by atoms with E-state index >= 15 is 0 Å². The van der Waals surface area contributed by atoms with Crippen LogP contribution in [0, 0.1) is 0 Å². The molecular weight excluding hydrogens is 356 g/mol. The molecule has 0 aromatic heterocycles. The summed E-state index contributed by atoms with van der Waals surface area (Å²) in [5.74, 6) is 0.662. The lowest BCUT2D eigenvalue weighted by Gasteiger charge is -2.25. The Bertz CT molecular complexity index is 782. The van der Waals surface area contributed by atoms with Gasteiger partial charge in [0.05, 0.1) is 16.6 Å². The molecule has 2 aromatic carbocycles. The number of hydrogen-bond donors (Lipinski definition) is 2. The average molecular weight is 375 g/mol. The van der Waals surface area contributed by atoms with Crippen LogP contribution in [0.2, 0.25) is 5.02 Å². The van der Waals surface area contributed by atoms with Gasteiger partial charge in [-0.1, -0.05) is 41.9 Å². The summed E-state index contributed by atoms with van der Waals surface area (Å²) in [4.78, 5) is 25.5. The van der Waals surface area contributed by atoms with E-state index in [1.54, 1.807) is 24.3 Å². The van der Waals surface area contributed by atoms with Gasteiger partial charge in [0.25, 0.3) is 5.91 Å². The summed E-state index contributed by atoms with van der Waals surface area (Å²) in [5, 5.41) is 6.21. The third-order valence-electron chi connectivity index (χ3n) is 4.05. The largest absolute Gasteiger partial charge is 0.351 e. The van der Waals surface area contributed by atoms with Crippen molar-refractivity contribution in [2.45, 2.75) is 23.8 Å². The van der Waals surface area contributed by atoms with Gasteiger partial charge in [0.15, 0.2) is 0 Å². The SMILES string of the molecule is O=C(CCNC(=O)c1ccccc1Cl)NC1CCSc2ccccc21. The molecule has 1 aliphatic heterocycles. The molecule has 6 heteroatoms. The minimum atomic E-state index is -0.266. The maximum absolute atomic E-state index is 12.2. The second kappa shape index (κ2) is 8.41. The number of carbonyl (C=O) groups excluding carboxylic acids is 2. The molecule has 2 aromatic rings. The van der Waals surface area contributed by atoms with Crippen LogP contribution in [0.4, 0.5) is 0 Å². The van der Waals surface area contributed by atoms with E-state index in [4.69, 9.17) is 11.6 Å². The van der Waals surface area contributed by atoms with Gasteiger partial charge in [-0.15, -0.1) is 11.8 Å². The fourth-order valence-electron chi connectivity index (χ4n) is 2.79. The molecule has 0 saturated carbocycles. The summed E-state index contributed by atoms with van der Waals surface area (Å²) < 4.78 is 0. The van der Waals surface area contributed by atoms with Gasteiger partial charge in [-0.05, 0) is 30.2 Å². The molecule has 0 spiro atoms. The minimum absolute atomic E-state index is 0.0456. The highest BCUT2D eigenvalue weighted by Crippen LogP contribution is 2.35. The molecule has 0 aliphatic carbocycles. The number of fused-ring (bicyclic) bond motifs is 1. The summed E-state index contributed by atoms with van der Waals surface area (Å²) in [7, 11) is 0. The van der Waals surface area contributed by atoms with E-state index in [0.29, 0.717) is 10.6 Å². The Hall–Kier alpha value is -1.98. The van der Waals surface area contributed by atoms with Crippen LogP contribution in [-0.2, 0) is 4.79 Å². The van der Waals surface area contributed by atoms with Crippen LogP contribution in [0.3, 0.4) is 0 Å². The lowest BCUT2D eigenvalue weighted by Crippen LogP contribution is -2.34. The number of thioether (sulfide) groups is 1. The summed E-state index contributed by atoms with van der Waals surface area (Å²) in [6.45, 7) is 0.277. The zero-order chi connectivity index (χ0) is 17.6. The van der Waals surface area contributed by atoms with E-state index in [1.807, 2.05) is 23.9 Å². The molecule has 25 heavy (non-hydrogen) atoms. The van der Waals surface area contributed by atoms with Crippen molar-refractivity contribution in [1.82, 2.24) is 10.6 Å². The molecule has 2 N–H and O–H groups in total. The van der Waals surface area contributed by atoms with Crippen molar-refractivity contribution >= 4 is 35.2 Å². The Balaban J connectivity index is 1.49. The summed E-state index contributed by atoms with van der Waals surface area (Å²) in [6.07, 6.45) is 1.15. The molecule has 0 bridgehead atoms. The highest BCUT2D eigenvalue weighted by atomic mass is 35.5. The highest BCUT2D eigenvalue weighted by Gasteiger charge is 2.21. The van der Waals surface area contributed by atoms with Gasteiger partial charge < -0.3 is 10.6 Å². The molecule has 0 radical (unpaired) electrons. The Morgan fingerprint density at radius 1 is 1.12 bits per heavy atom. The van der Waals surface area contributed by atoms with Gasteiger partial charge in [0, 0.05) is 23.6 Å². The number of carbonyl (C=O) groups is 2. The minimum Gasteiger partial charge on any atom is -0.351 e. The number of amides is 2. The topological polar surface area (TPSA) is 58.2 Å². The van der Waals surface area contributed by atoms with Crippen LogP contribution in [0.1, 0.15) is 34.8 Å². The predicted octanol–water partition coefficient (Wildman–Crippen LogP) is 3.81. The van der Waals surface area contributed by atoms with Crippen LogP contribution in [0.5, 0.6) is 0 Å². The monoisotopic (exact) mass is 374 g/mol. The van der Waals surface area contributed by atoms with E-state index < -0.39 is 0 Å².